The van der Waals surface area contributed by atoms with Crippen LogP contribution >= 0.6 is 11.3 Å². The van der Waals surface area contributed by atoms with Crippen LogP contribution in [0.25, 0.3) is 71.7 Å². The third kappa shape index (κ3) is 8.65. The topological polar surface area (TPSA) is 30.7 Å². The summed E-state index contributed by atoms with van der Waals surface area (Å²) in [6, 6.07) is 66.0. The van der Waals surface area contributed by atoms with Crippen LogP contribution in [0.3, 0.4) is 0 Å². The van der Waals surface area contributed by atoms with Crippen LogP contribution in [0.1, 0.15) is 26.4 Å². The SMILES string of the molecule is Cc1cc(-c2ccccc2)c(-n2c(-c3[c-]sc4ccc(CCc5ccccc5)cc34)nc3ccccc32)c(-c2ccccc2)c1.[2H]C([2H])([2H])c1ccc(-c2[c-]cccc2)nc1.[Ir]. The number of fused-ring (bicyclic) bond motifs is 2. The molecule has 0 N–H and O–H groups in total. The van der Waals surface area contributed by atoms with E-state index in [9.17, 15) is 0 Å². The molecule has 7 aromatic carbocycles. The second-order valence-electron chi connectivity index (χ2n) is 14.3. The first-order valence-electron chi connectivity index (χ1n) is 20.9. The molecule has 3 aromatic heterocycles. The standard InChI is InChI=1S/C42H31N2S.C12H10N.Ir/c1-29-25-34(32-15-7-3-8-16-32)41(35(26-29)33-17-9-4-10-18-33)44-39-20-12-11-19-38(39)43-42(44)37-28-45-40-24-23-31(27-36(37)40)22-21-30-13-5-2-6-14-30;1-10-7-8-12(13-9-10)11-5-3-2-4-6-11;/h2-20,23-27H,21-22H2,1H3;2-5,7-9H,1H3;/q2*-1;/i;1D3;. The number of aromatic nitrogens is 3. The van der Waals surface area contributed by atoms with E-state index in [2.05, 4.69) is 174 Å². The Balaban J connectivity index is 0.000000263. The van der Waals surface area contributed by atoms with Gasteiger partial charge in [-0.05, 0) is 84.4 Å². The molecule has 289 valence electrons. The van der Waals surface area contributed by atoms with Crippen LogP contribution in [-0.2, 0) is 32.9 Å². The molecule has 0 saturated heterocycles. The number of thiophene rings is 1. The van der Waals surface area contributed by atoms with Crippen LogP contribution in [0.2, 0.25) is 0 Å². The van der Waals surface area contributed by atoms with E-state index in [1.807, 2.05) is 18.2 Å². The normalized spacial score (nSPS) is 11.8. The third-order valence-electron chi connectivity index (χ3n) is 10.3. The van der Waals surface area contributed by atoms with Gasteiger partial charge in [-0.25, -0.2) is 0 Å². The molecule has 0 aliphatic carbocycles. The van der Waals surface area contributed by atoms with Crippen molar-refractivity contribution in [2.75, 3.05) is 0 Å². The van der Waals surface area contributed by atoms with E-state index in [1.165, 1.54) is 55.2 Å². The van der Waals surface area contributed by atoms with Crippen LogP contribution in [-0.4, -0.2) is 14.5 Å². The smallest absolute Gasteiger partial charge is 0.0774 e. The van der Waals surface area contributed by atoms with E-state index >= 15 is 0 Å². The summed E-state index contributed by atoms with van der Waals surface area (Å²) < 4.78 is 25.3. The van der Waals surface area contributed by atoms with E-state index in [0.717, 1.165) is 52.2 Å². The van der Waals surface area contributed by atoms with Crippen molar-refractivity contribution in [3.05, 3.63) is 222 Å². The average molecular weight is 959 g/mol. The Bertz CT molecular complexity index is 3000. The van der Waals surface area contributed by atoms with Gasteiger partial charge in [0.05, 0.1) is 22.5 Å². The summed E-state index contributed by atoms with van der Waals surface area (Å²) in [5.74, 6) is 0.917. The zero-order chi connectivity index (χ0) is 41.8. The van der Waals surface area contributed by atoms with Gasteiger partial charge >= 0.3 is 0 Å². The Labute approximate surface area is 368 Å². The first-order valence-corrected chi connectivity index (χ1v) is 20.3. The largest absolute Gasteiger partial charge is 0.332 e. The van der Waals surface area contributed by atoms with Crippen LogP contribution in [0.15, 0.2) is 188 Å². The van der Waals surface area contributed by atoms with Crippen LogP contribution < -0.4 is 0 Å². The van der Waals surface area contributed by atoms with Gasteiger partial charge in [-0.3, -0.25) is 16.3 Å². The molecule has 0 atom stereocenters. The maximum absolute atomic E-state index is 7.23. The molecule has 0 fully saturated rings. The Morgan fingerprint density at radius 1 is 0.644 bits per heavy atom. The van der Waals surface area contributed by atoms with Crippen LogP contribution in [0.5, 0.6) is 0 Å². The number of rotatable bonds is 8. The predicted octanol–water partition coefficient (Wildman–Crippen LogP) is 14.0. The summed E-state index contributed by atoms with van der Waals surface area (Å²) in [4.78, 5) is 9.46. The minimum Gasteiger partial charge on any atom is -0.332 e. The molecular weight excluding hydrogens is 915 g/mol. The summed E-state index contributed by atoms with van der Waals surface area (Å²) in [7, 11) is 0. The summed E-state index contributed by atoms with van der Waals surface area (Å²) in [6.07, 6.45) is 3.39. The summed E-state index contributed by atoms with van der Waals surface area (Å²) in [6.45, 7) is 0.0959. The van der Waals surface area contributed by atoms with Crippen molar-refractivity contribution in [2.45, 2.75) is 26.6 Å². The fourth-order valence-electron chi connectivity index (χ4n) is 7.50. The molecular formula is C54H41IrN3S-2. The molecule has 0 unspecified atom stereocenters. The van der Waals surface area contributed by atoms with E-state index < -0.39 is 6.85 Å². The number of benzene rings is 7. The van der Waals surface area contributed by atoms with Crippen molar-refractivity contribution in [1.29, 1.82) is 0 Å². The van der Waals surface area contributed by atoms with E-state index in [0.29, 0.717) is 0 Å². The zero-order valence-corrected chi connectivity index (χ0v) is 35.6. The maximum atomic E-state index is 7.23. The molecule has 1 radical (unpaired) electrons. The molecule has 10 rings (SSSR count). The monoisotopic (exact) mass is 959 g/mol. The Kier molecular flexibility index (Phi) is 11.0. The molecule has 0 spiro atoms. The Hall–Kier alpha value is -6.23. The molecule has 10 aromatic rings. The number of aryl methyl sites for hydroxylation is 4. The first kappa shape index (κ1) is 35.9. The molecule has 0 amide bonds. The van der Waals surface area contributed by atoms with Gasteiger partial charge in [0.15, 0.2) is 0 Å². The molecule has 0 bridgehead atoms. The van der Waals surface area contributed by atoms with E-state index in [1.54, 1.807) is 29.5 Å². The van der Waals surface area contributed by atoms with Crippen LogP contribution in [0, 0.1) is 25.2 Å². The molecule has 0 aliphatic rings. The molecule has 0 aliphatic heterocycles. The molecule has 59 heavy (non-hydrogen) atoms. The number of hydrogen-bond donors (Lipinski definition) is 0. The Morgan fingerprint density at radius 2 is 1.31 bits per heavy atom. The van der Waals surface area contributed by atoms with E-state index in [-0.39, 0.29) is 25.7 Å². The zero-order valence-electron chi connectivity index (χ0n) is 35.4. The minimum atomic E-state index is -2.09. The Morgan fingerprint density at radius 3 is 1.97 bits per heavy atom. The maximum Gasteiger partial charge on any atom is 0.0774 e. The van der Waals surface area contributed by atoms with Gasteiger partial charge in [-0.2, -0.15) is 0 Å². The minimum absolute atomic E-state index is 0. The molecule has 0 saturated carbocycles. The second kappa shape index (κ2) is 18.1. The number of pyridine rings is 1. The number of hydrogen-bond acceptors (Lipinski definition) is 3. The number of para-hydroxylation sites is 2. The summed E-state index contributed by atoms with van der Waals surface area (Å²) >= 11 is 1.67. The van der Waals surface area contributed by atoms with Gasteiger partial charge in [0.1, 0.15) is 0 Å². The van der Waals surface area contributed by atoms with Crippen molar-refractivity contribution >= 4 is 32.5 Å². The number of imidazole rings is 1. The van der Waals surface area contributed by atoms with E-state index in [4.69, 9.17) is 9.10 Å². The summed E-state index contributed by atoms with van der Waals surface area (Å²) in [5, 5.41) is 4.90. The fourth-order valence-corrected chi connectivity index (χ4v) is 8.32. The second-order valence-corrected chi connectivity index (χ2v) is 15.2. The molecule has 5 heteroatoms. The van der Waals surface area contributed by atoms with Gasteiger partial charge in [0.2, 0.25) is 0 Å². The molecule has 3 heterocycles. The van der Waals surface area contributed by atoms with Crippen LogP contribution in [0.4, 0.5) is 0 Å². The van der Waals surface area contributed by atoms with Crippen molar-refractivity contribution in [1.82, 2.24) is 14.5 Å². The quantitative estimate of drug-likeness (QED) is 0.142. The summed E-state index contributed by atoms with van der Waals surface area (Å²) in [5.41, 5.74) is 14.7. The first-order chi connectivity index (χ1) is 29.8. The average Bonchev–Trinajstić information content (AvgIpc) is 3.90. The van der Waals surface area contributed by atoms with Crippen molar-refractivity contribution < 1.29 is 24.2 Å². The van der Waals surface area contributed by atoms with Crippen molar-refractivity contribution in [2.24, 2.45) is 0 Å². The van der Waals surface area contributed by atoms with Gasteiger partial charge in [0.25, 0.3) is 0 Å². The number of nitrogens with zero attached hydrogens (tertiary/aromatic N) is 3. The predicted molar refractivity (Wildman–Crippen MR) is 243 cm³/mol. The van der Waals surface area contributed by atoms with Gasteiger partial charge in [-0.1, -0.05) is 149 Å². The van der Waals surface area contributed by atoms with Gasteiger partial charge in [0, 0.05) is 41.5 Å². The van der Waals surface area contributed by atoms with Crippen molar-refractivity contribution in [3.63, 3.8) is 0 Å². The van der Waals surface area contributed by atoms with Crippen molar-refractivity contribution in [3.8, 4) is 50.6 Å². The van der Waals surface area contributed by atoms with Gasteiger partial charge < -0.3 is 9.55 Å². The fraction of sp³-hybridized carbons (Fsp3) is 0.0741. The molecule has 3 nitrogen and oxygen atoms in total. The van der Waals surface area contributed by atoms with Gasteiger partial charge in [-0.15, -0.1) is 47.3 Å². The third-order valence-corrected chi connectivity index (χ3v) is 11.2.